The zero-order valence-electron chi connectivity index (χ0n) is 15.8. The van der Waals surface area contributed by atoms with E-state index in [0.29, 0.717) is 16.0 Å². The monoisotopic (exact) mass is 393 g/mol. The largest absolute Gasteiger partial charge is 0.378 e. The minimum absolute atomic E-state index is 0.361. The number of aromatic nitrogens is 3. The number of H-pyrrole nitrogens is 1. The van der Waals surface area contributed by atoms with Gasteiger partial charge in [0.15, 0.2) is 11.0 Å². The van der Waals surface area contributed by atoms with Crippen LogP contribution in [0, 0.1) is 5.41 Å². The number of thioether (sulfide) groups is 1. The van der Waals surface area contributed by atoms with E-state index in [2.05, 4.69) is 19.9 Å². The van der Waals surface area contributed by atoms with Gasteiger partial charge in [0, 0.05) is 54.6 Å². The number of aliphatic imine (C=N–C) groups is 1. The fourth-order valence-corrected chi connectivity index (χ4v) is 3.98. The van der Waals surface area contributed by atoms with Crippen LogP contribution >= 0.6 is 11.8 Å². The fraction of sp³-hybridized carbons (Fsp3) is 0.300. The lowest BCUT2D eigenvalue weighted by molar-refractivity contribution is 0.573. The molecule has 4 N–H and O–H groups in total. The van der Waals surface area contributed by atoms with Crippen molar-refractivity contribution in [2.24, 2.45) is 10.7 Å². The summed E-state index contributed by atoms with van der Waals surface area (Å²) in [5, 5.41) is 10.0. The maximum atomic E-state index is 8.29. The van der Waals surface area contributed by atoms with Crippen molar-refractivity contribution in [3.05, 3.63) is 42.2 Å². The highest BCUT2D eigenvalue weighted by Crippen LogP contribution is 2.29. The van der Waals surface area contributed by atoms with E-state index < -0.39 is 0 Å². The fourth-order valence-electron chi connectivity index (χ4n) is 3.43. The van der Waals surface area contributed by atoms with Crippen molar-refractivity contribution in [2.45, 2.75) is 19.3 Å². The summed E-state index contributed by atoms with van der Waals surface area (Å²) in [5.74, 6) is 1.67. The third-order valence-electron chi connectivity index (χ3n) is 4.93. The van der Waals surface area contributed by atoms with Crippen molar-refractivity contribution in [1.82, 2.24) is 15.0 Å². The molecule has 0 unspecified atom stereocenters. The van der Waals surface area contributed by atoms with Gasteiger partial charge in [-0.25, -0.2) is 9.97 Å². The second kappa shape index (κ2) is 8.02. The molecule has 0 spiro atoms. The van der Waals surface area contributed by atoms with Crippen LogP contribution < -0.4 is 10.6 Å². The highest BCUT2D eigenvalue weighted by atomic mass is 32.2. The molecule has 8 heteroatoms. The first-order valence-corrected chi connectivity index (χ1v) is 10.2. The molecule has 1 fully saturated rings. The van der Waals surface area contributed by atoms with E-state index in [1.54, 1.807) is 7.05 Å². The lowest BCUT2D eigenvalue weighted by Crippen LogP contribution is -2.30. The Morgan fingerprint density at radius 3 is 2.86 bits per heavy atom. The molecule has 0 bridgehead atoms. The van der Waals surface area contributed by atoms with E-state index in [4.69, 9.17) is 16.1 Å². The molecule has 3 heterocycles. The van der Waals surface area contributed by atoms with Gasteiger partial charge in [0.25, 0.3) is 0 Å². The van der Waals surface area contributed by atoms with Gasteiger partial charge < -0.3 is 15.6 Å². The smallest absolute Gasteiger partial charge is 0.163 e. The number of nitrogens with two attached hydrogens (primary N) is 1. The Labute approximate surface area is 168 Å². The number of hydrogen-bond donors (Lipinski definition) is 3. The average Bonchev–Trinajstić information content (AvgIpc) is 3.17. The Balaban J connectivity index is 1.69. The number of aromatic amines is 1. The quantitative estimate of drug-likeness (QED) is 0.465. The zero-order valence-corrected chi connectivity index (χ0v) is 16.6. The summed E-state index contributed by atoms with van der Waals surface area (Å²) in [5.41, 5.74) is 8.47. The third kappa shape index (κ3) is 3.73. The van der Waals surface area contributed by atoms with Crippen LogP contribution in [0.15, 0.2) is 41.7 Å². The molecule has 28 heavy (non-hydrogen) atoms. The summed E-state index contributed by atoms with van der Waals surface area (Å²) < 4.78 is 0. The molecule has 3 aromatic rings. The summed E-state index contributed by atoms with van der Waals surface area (Å²) in [6.07, 6.45) is 7.46. The first kappa shape index (κ1) is 18.5. The topological polar surface area (TPSA) is 107 Å². The van der Waals surface area contributed by atoms with Crippen LogP contribution in [0.3, 0.4) is 0 Å². The van der Waals surface area contributed by atoms with Crippen LogP contribution in [-0.4, -0.2) is 45.3 Å². The standard InChI is InChI=1S/C20H23N7S/c1-23-20(22)28-18(21)13-5-6-16-14(11-13)15(12-25-16)19-24-8-7-17(26-19)27-9-3-2-4-10-27/h5-8,11-12,21,25H,2-4,9-10H2,1H3,(H2,22,23). The number of anilines is 1. The Hall–Kier alpha value is -2.87. The van der Waals surface area contributed by atoms with E-state index in [-0.39, 0.29) is 0 Å². The summed E-state index contributed by atoms with van der Waals surface area (Å²) in [4.78, 5) is 18.9. The maximum absolute atomic E-state index is 8.29. The average molecular weight is 394 g/mol. The first-order valence-electron chi connectivity index (χ1n) is 9.34. The lowest BCUT2D eigenvalue weighted by atomic mass is 10.1. The minimum atomic E-state index is 0.361. The molecule has 0 radical (unpaired) electrons. The Kier molecular flexibility index (Phi) is 5.29. The molecule has 2 aromatic heterocycles. The molecule has 7 nitrogen and oxygen atoms in total. The van der Waals surface area contributed by atoms with Crippen molar-refractivity contribution in [1.29, 1.82) is 5.41 Å². The molecule has 4 rings (SSSR count). The van der Waals surface area contributed by atoms with Crippen LogP contribution in [0.4, 0.5) is 5.82 Å². The number of nitrogens with one attached hydrogen (secondary N) is 2. The predicted molar refractivity (Wildman–Crippen MR) is 117 cm³/mol. The van der Waals surface area contributed by atoms with Crippen molar-refractivity contribution in [3.8, 4) is 11.4 Å². The van der Waals surface area contributed by atoms with Gasteiger partial charge in [-0.2, -0.15) is 0 Å². The molecule has 1 saturated heterocycles. The highest BCUT2D eigenvalue weighted by molar-refractivity contribution is 8.26. The molecule has 1 aromatic carbocycles. The van der Waals surface area contributed by atoms with Crippen molar-refractivity contribution < 1.29 is 0 Å². The van der Waals surface area contributed by atoms with Crippen LogP contribution in [0.25, 0.3) is 22.3 Å². The SMILES string of the molecule is CN=C(N)SC(=N)c1ccc2[nH]cc(-c3nccc(N4CCCCC4)n3)c2c1. The van der Waals surface area contributed by atoms with Gasteiger partial charge in [0.05, 0.1) is 0 Å². The van der Waals surface area contributed by atoms with Gasteiger partial charge in [-0.3, -0.25) is 10.4 Å². The molecular formula is C20H23N7S. The highest BCUT2D eigenvalue weighted by Gasteiger charge is 2.16. The number of hydrogen-bond acceptors (Lipinski definition) is 6. The Morgan fingerprint density at radius 2 is 2.07 bits per heavy atom. The second-order valence-corrected chi connectivity index (χ2v) is 7.77. The van der Waals surface area contributed by atoms with Crippen LogP contribution in [-0.2, 0) is 0 Å². The lowest BCUT2D eigenvalue weighted by Gasteiger charge is -2.27. The molecule has 1 aliphatic rings. The van der Waals surface area contributed by atoms with Crippen molar-refractivity contribution in [2.75, 3.05) is 25.0 Å². The molecule has 0 atom stereocenters. The Morgan fingerprint density at radius 1 is 1.25 bits per heavy atom. The normalized spacial score (nSPS) is 15.2. The number of nitrogens with zero attached hydrogens (tertiary/aromatic N) is 4. The molecule has 0 amide bonds. The van der Waals surface area contributed by atoms with E-state index in [0.717, 1.165) is 52.7 Å². The van der Waals surface area contributed by atoms with Gasteiger partial charge in [-0.15, -0.1) is 0 Å². The second-order valence-electron chi connectivity index (χ2n) is 6.74. The van der Waals surface area contributed by atoms with E-state index in [9.17, 15) is 0 Å². The third-order valence-corrected chi connectivity index (χ3v) is 5.76. The summed E-state index contributed by atoms with van der Waals surface area (Å²) in [6, 6.07) is 7.84. The molecule has 1 aliphatic heterocycles. The van der Waals surface area contributed by atoms with Crippen LogP contribution in [0.1, 0.15) is 24.8 Å². The first-order chi connectivity index (χ1) is 13.7. The minimum Gasteiger partial charge on any atom is -0.378 e. The molecule has 0 saturated carbocycles. The van der Waals surface area contributed by atoms with Gasteiger partial charge in [-0.1, -0.05) is 6.07 Å². The molecule has 0 aliphatic carbocycles. The molecule has 144 valence electrons. The van der Waals surface area contributed by atoms with Gasteiger partial charge in [0.1, 0.15) is 10.9 Å². The number of piperidine rings is 1. The summed E-state index contributed by atoms with van der Waals surface area (Å²) in [6.45, 7) is 2.09. The summed E-state index contributed by atoms with van der Waals surface area (Å²) >= 11 is 1.15. The predicted octanol–water partition coefficient (Wildman–Crippen LogP) is 3.62. The number of amidine groups is 1. The summed E-state index contributed by atoms with van der Waals surface area (Å²) in [7, 11) is 1.62. The zero-order chi connectivity index (χ0) is 19.5. The van der Waals surface area contributed by atoms with Crippen molar-refractivity contribution in [3.63, 3.8) is 0 Å². The van der Waals surface area contributed by atoms with E-state index in [1.165, 1.54) is 19.3 Å². The maximum Gasteiger partial charge on any atom is 0.163 e. The van der Waals surface area contributed by atoms with E-state index in [1.807, 2.05) is 36.7 Å². The van der Waals surface area contributed by atoms with Crippen LogP contribution in [0.5, 0.6) is 0 Å². The van der Waals surface area contributed by atoms with Gasteiger partial charge in [0.2, 0.25) is 0 Å². The van der Waals surface area contributed by atoms with Gasteiger partial charge >= 0.3 is 0 Å². The van der Waals surface area contributed by atoms with E-state index >= 15 is 0 Å². The number of fused-ring (bicyclic) bond motifs is 1. The Bertz CT molecular complexity index is 1030. The molecular weight excluding hydrogens is 370 g/mol. The number of rotatable bonds is 3. The van der Waals surface area contributed by atoms with Crippen LogP contribution in [0.2, 0.25) is 0 Å². The van der Waals surface area contributed by atoms with Crippen molar-refractivity contribution >= 4 is 38.7 Å². The number of benzene rings is 1. The van der Waals surface area contributed by atoms with Gasteiger partial charge in [-0.05, 0) is 49.2 Å².